The number of rotatable bonds is 4. The Morgan fingerprint density at radius 1 is 1.56 bits per heavy atom. The van der Waals surface area contributed by atoms with Crippen LogP contribution >= 0.6 is 11.6 Å². The van der Waals surface area contributed by atoms with Crippen molar-refractivity contribution in [1.82, 2.24) is 4.98 Å². The van der Waals surface area contributed by atoms with E-state index in [0.717, 1.165) is 0 Å². The third kappa shape index (κ3) is 3.00. The molecule has 0 radical (unpaired) electrons. The molecule has 1 rings (SSSR count). The maximum atomic E-state index is 11.2. The topological polar surface area (TPSA) is 94.0 Å². The fourth-order valence-corrected chi connectivity index (χ4v) is 1.50. The summed E-state index contributed by atoms with van der Waals surface area (Å²) in [6.45, 7) is 3.77. The lowest BCUT2D eigenvalue weighted by atomic mass is 10.0. The van der Waals surface area contributed by atoms with Crippen molar-refractivity contribution in [3.8, 4) is 0 Å². The minimum Gasteiger partial charge on any atom is -0.397 e. The summed E-state index contributed by atoms with van der Waals surface area (Å²) >= 11 is 5.93. The van der Waals surface area contributed by atoms with E-state index < -0.39 is 11.9 Å². The molecule has 0 spiro atoms. The highest BCUT2D eigenvalue weighted by Crippen LogP contribution is 2.22. The van der Waals surface area contributed by atoms with E-state index in [1.807, 2.05) is 13.8 Å². The molecule has 0 fully saturated rings. The molecule has 5 nitrogen and oxygen atoms in total. The summed E-state index contributed by atoms with van der Waals surface area (Å²) in [5, 5.41) is 3.27. The molecule has 6 heteroatoms. The van der Waals surface area contributed by atoms with Gasteiger partial charge in [0.05, 0.1) is 16.9 Å². The molecular formula is C10H15ClN4O. The van der Waals surface area contributed by atoms with Gasteiger partial charge in [-0.05, 0) is 12.0 Å². The first kappa shape index (κ1) is 12.6. The highest BCUT2D eigenvalue weighted by atomic mass is 35.5. The third-order valence-corrected chi connectivity index (χ3v) is 2.42. The number of pyridine rings is 1. The number of hydrogen-bond acceptors (Lipinski definition) is 4. The predicted molar refractivity (Wildman–Crippen MR) is 65.1 cm³/mol. The Hall–Kier alpha value is -1.49. The number of aromatic nitrogens is 1. The van der Waals surface area contributed by atoms with E-state index in [2.05, 4.69) is 10.3 Å². The Balaban J connectivity index is 2.90. The quantitative estimate of drug-likeness (QED) is 0.740. The summed E-state index contributed by atoms with van der Waals surface area (Å²) in [6, 6.07) is 1.06. The number of hydrogen-bond donors (Lipinski definition) is 3. The Bertz CT molecular complexity index is 394. The lowest BCUT2D eigenvalue weighted by Gasteiger charge is -2.20. The van der Waals surface area contributed by atoms with E-state index in [9.17, 15) is 4.79 Å². The molecule has 1 heterocycles. The second-order valence-electron chi connectivity index (χ2n) is 3.87. The van der Waals surface area contributed by atoms with E-state index in [-0.39, 0.29) is 5.92 Å². The van der Waals surface area contributed by atoms with Gasteiger partial charge in [-0.15, -0.1) is 0 Å². The largest absolute Gasteiger partial charge is 0.397 e. The van der Waals surface area contributed by atoms with Crippen LogP contribution in [0.15, 0.2) is 12.3 Å². The third-order valence-electron chi connectivity index (χ3n) is 2.13. The summed E-state index contributed by atoms with van der Waals surface area (Å²) in [6.07, 6.45) is 1.46. The van der Waals surface area contributed by atoms with Crippen LogP contribution in [0, 0.1) is 5.92 Å². The molecule has 0 aliphatic carbocycles. The first-order valence-corrected chi connectivity index (χ1v) is 5.26. The van der Waals surface area contributed by atoms with Gasteiger partial charge in [-0.25, -0.2) is 4.98 Å². The van der Waals surface area contributed by atoms with Crippen LogP contribution in [-0.2, 0) is 4.79 Å². The molecular weight excluding hydrogens is 228 g/mol. The molecule has 0 saturated heterocycles. The van der Waals surface area contributed by atoms with Gasteiger partial charge in [0.1, 0.15) is 11.9 Å². The minimum absolute atomic E-state index is 0.0490. The van der Waals surface area contributed by atoms with Crippen LogP contribution in [-0.4, -0.2) is 16.9 Å². The van der Waals surface area contributed by atoms with Crippen molar-refractivity contribution in [2.45, 2.75) is 19.9 Å². The lowest BCUT2D eigenvalue weighted by Crippen LogP contribution is -2.39. The van der Waals surface area contributed by atoms with Crippen molar-refractivity contribution >= 4 is 29.0 Å². The fourth-order valence-electron chi connectivity index (χ4n) is 1.27. The Morgan fingerprint density at radius 3 is 2.62 bits per heavy atom. The van der Waals surface area contributed by atoms with Gasteiger partial charge in [-0.1, -0.05) is 25.4 Å². The molecule has 1 amide bonds. The molecule has 16 heavy (non-hydrogen) atoms. The number of nitrogens with zero attached hydrogens (tertiary/aromatic N) is 1. The number of nitrogens with two attached hydrogens (primary N) is 2. The zero-order valence-corrected chi connectivity index (χ0v) is 9.95. The number of carbonyl (C=O) groups is 1. The van der Waals surface area contributed by atoms with Crippen LogP contribution in [0.3, 0.4) is 0 Å². The number of anilines is 2. The zero-order chi connectivity index (χ0) is 12.3. The van der Waals surface area contributed by atoms with E-state index in [4.69, 9.17) is 23.1 Å². The predicted octanol–water partition coefficient (Wildman–Crippen LogP) is 1.24. The van der Waals surface area contributed by atoms with Gasteiger partial charge in [0.2, 0.25) is 5.91 Å². The normalized spacial score (nSPS) is 12.5. The summed E-state index contributed by atoms with van der Waals surface area (Å²) < 4.78 is 0. The van der Waals surface area contributed by atoms with Gasteiger partial charge in [-0.2, -0.15) is 0 Å². The first-order chi connectivity index (χ1) is 7.41. The molecule has 1 aromatic rings. The van der Waals surface area contributed by atoms with Crippen molar-refractivity contribution in [3.05, 3.63) is 17.3 Å². The smallest absolute Gasteiger partial charge is 0.240 e. The number of halogens is 1. The van der Waals surface area contributed by atoms with Gasteiger partial charge < -0.3 is 16.8 Å². The second kappa shape index (κ2) is 5.03. The molecule has 1 aromatic heterocycles. The van der Waals surface area contributed by atoms with Crippen molar-refractivity contribution in [2.75, 3.05) is 11.1 Å². The number of amides is 1. The maximum absolute atomic E-state index is 11.2. The van der Waals surface area contributed by atoms with Crippen LogP contribution in [0.25, 0.3) is 0 Å². The van der Waals surface area contributed by atoms with E-state index in [1.54, 1.807) is 6.07 Å². The maximum Gasteiger partial charge on any atom is 0.240 e. The molecule has 0 aliphatic heterocycles. The van der Waals surface area contributed by atoms with Gasteiger partial charge in [0.15, 0.2) is 0 Å². The average molecular weight is 243 g/mol. The molecule has 0 bridgehead atoms. The minimum atomic E-state index is -0.506. The molecule has 88 valence electrons. The van der Waals surface area contributed by atoms with Crippen LogP contribution in [0.1, 0.15) is 13.8 Å². The molecule has 0 aliphatic rings. The summed E-state index contributed by atoms with van der Waals surface area (Å²) in [7, 11) is 0. The molecule has 1 atom stereocenters. The van der Waals surface area contributed by atoms with E-state index in [0.29, 0.717) is 16.5 Å². The first-order valence-electron chi connectivity index (χ1n) is 4.88. The second-order valence-corrected chi connectivity index (χ2v) is 4.27. The summed E-state index contributed by atoms with van der Waals surface area (Å²) in [5.74, 6) is 0.0194. The van der Waals surface area contributed by atoms with Gasteiger partial charge in [0, 0.05) is 0 Å². The zero-order valence-electron chi connectivity index (χ0n) is 9.20. The molecule has 5 N–H and O–H groups in total. The summed E-state index contributed by atoms with van der Waals surface area (Å²) in [4.78, 5) is 15.2. The van der Waals surface area contributed by atoms with Crippen LogP contribution in [0.4, 0.5) is 11.5 Å². The average Bonchev–Trinajstić information content (AvgIpc) is 2.15. The molecule has 0 aromatic carbocycles. The van der Waals surface area contributed by atoms with Crippen LogP contribution < -0.4 is 16.8 Å². The van der Waals surface area contributed by atoms with Crippen molar-refractivity contribution in [1.29, 1.82) is 0 Å². The van der Waals surface area contributed by atoms with Crippen molar-refractivity contribution in [2.24, 2.45) is 11.7 Å². The number of nitrogen functional groups attached to an aromatic ring is 1. The summed E-state index contributed by atoms with van der Waals surface area (Å²) in [5.41, 5.74) is 11.2. The SMILES string of the molecule is CC(C)C(Nc1ncc(N)cc1Cl)C(N)=O. The molecule has 0 saturated carbocycles. The fraction of sp³-hybridized carbons (Fsp3) is 0.400. The van der Waals surface area contributed by atoms with E-state index in [1.165, 1.54) is 6.20 Å². The Morgan fingerprint density at radius 2 is 2.19 bits per heavy atom. The van der Waals surface area contributed by atoms with Crippen LogP contribution in [0.2, 0.25) is 5.02 Å². The van der Waals surface area contributed by atoms with Crippen molar-refractivity contribution < 1.29 is 4.79 Å². The van der Waals surface area contributed by atoms with Crippen molar-refractivity contribution in [3.63, 3.8) is 0 Å². The number of carbonyl (C=O) groups excluding carboxylic acids is 1. The van der Waals surface area contributed by atoms with Gasteiger partial charge >= 0.3 is 0 Å². The van der Waals surface area contributed by atoms with Gasteiger partial charge in [0.25, 0.3) is 0 Å². The number of nitrogens with one attached hydrogen (secondary N) is 1. The standard InChI is InChI=1S/C10H15ClN4O/c1-5(2)8(9(13)16)15-10-7(11)3-6(12)4-14-10/h3-5,8H,12H2,1-2H3,(H2,13,16)(H,14,15). The number of primary amides is 1. The monoisotopic (exact) mass is 242 g/mol. The molecule has 1 unspecified atom stereocenters. The van der Waals surface area contributed by atoms with E-state index >= 15 is 0 Å². The van der Waals surface area contributed by atoms with Crippen LogP contribution in [0.5, 0.6) is 0 Å². The Kier molecular flexibility index (Phi) is 3.95. The highest BCUT2D eigenvalue weighted by Gasteiger charge is 2.20. The highest BCUT2D eigenvalue weighted by molar-refractivity contribution is 6.33. The van der Waals surface area contributed by atoms with Gasteiger partial charge in [-0.3, -0.25) is 4.79 Å². The lowest BCUT2D eigenvalue weighted by molar-refractivity contribution is -0.119. The Labute approximate surface area is 99.2 Å².